The molecule has 0 radical (unpaired) electrons. The van der Waals surface area contributed by atoms with Crippen molar-refractivity contribution in [3.63, 3.8) is 0 Å². The Morgan fingerprint density at radius 2 is 1.65 bits per heavy atom. The van der Waals surface area contributed by atoms with Gasteiger partial charge in [-0.2, -0.15) is 8.42 Å². The fraction of sp³-hybridized carbons (Fsp3) is 0. The zero-order valence-corrected chi connectivity index (χ0v) is 11.1. The van der Waals surface area contributed by atoms with E-state index in [-0.39, 0.29) is 15.8 Å². The highest BCUT2D eigenvalue weighted by molar-refractivity contribution is 7.86. The van der Waals surface area contributed by atoms with Crippen LogP contribution in [-0.4, -0.2) is 19.3 Å². The Hall–Kier alpha value is -2.24. The van der Waals surface area contributed by atoms with Gasteiger partial charge in [-0.25, -0.2) is 0 Å². The van der Waals surface area contributed by atoms with E-state index in [1.165, 1.54) is 12.1 Å². The molecule has 100 valence electrons. The first-order valence-electron chi connectivity index (χ1n) is 5.89. The van der Waals surface area contributed by atoms with Crippen LogP contribution in [0.25, 0.3) is 21.5 Å². The summed E-state index contributed by atoms with van der Waals surface area (Å²) in [5.74, 6) is 0. The number of benzene rings is 3. The van der Waals surface area contributed by atoms with Crippen molar-refractivity contribution in [1.82, 2.24) is 0 Å². The monoisotopic (exact) mass is 286 g/mol. The maximum Gasteiger partial charge on any atom is 0.295 e. The average molecular weight is 286 g/mol. The van der Waals surface area contributed by atoms with Crippen molar-refractivity contribution in [3.05, 3.63) is 54.1 Å². The molecular weight excluding hydrogens is 276 g/mol. The summed E-state index contributed by atoms with van der Waals surface area (Å²) in [6, 6.07) is 13.6. The molecular formula is C15H10O4S. The highest BCUT2D eigenvalue weighted by atomic mass is 32.2. The molecule has 20 heavy (non-hydrogen) atoms. The molecule has 5 heteroatoms. The molecule has 0 heterocycles. The van der Waals surface area contributed by atoms with Crippen LogP contribution in [0.15, 0.2) is 53.4 Å². The van der Waals surface area contributed by atoms with E-state index in [1.807, 2.05) is 12.1 Å². The smallest absolute Gasteiger partial charge is 0.295 e. The molecule has 0 spiro atoms. The fourth-order valence-corrected chi connectivity index (χ4v) is 3.20. The fourth-order valence-electron chi connectivity index (χ4n) is 2.46. The molecule has 0 saturated carbocycles. The molecule has 3 rings (SSSR count). The molecule has 0 aromatic heterocycles. The largest absolute Gasteiger partial charge is 0.298 e. The van der Waals surface area contributed by atoms with E-state index >= 15 is 0 Å². The van der Waals surface area contributed by atoms with Gasteiger partial charge in [0.15, 0.2) is 6.29 Å². The van der Waals surface area contributed by atoms with Crippen molar-refractivity contribution in [1.29, 1.82) is 0 Å². The van der Waals surface area contributed by atoms with Gasteiger partial charge in [0.2, 0.25) is 0 Å². The molecule has 0 bridgehead atoms. The summed E-state index contributed by atoms with van der Waals surface area (Å²) < 4.78 is 32.3. The van der Waals surface area contributed by atoms with E-state index in [9.17, 15) is 17.8 Å². The first-order valence-corrected chi connectivity index (χ1v) is 7.33. The van der Waals surface area contributed by atoms with Gasteiger partial charge in [-0.3, -0.25) is 9.35 Å². The van der Waals surface area contributed by atoms with Crippen LogP contribution in [0.1, 0.15) is 10.4 Å². The van der Waals surface area contributed by atoms with E-state index in [0.29, 0.717) is 17.1 Å². The summed E-state index contributed by atoms with van der Waals surface area (Å²) in [5.41, 5.74) is 0.270. The van der Waals surface area contributed by atoms with Crippen molar-refractivity contribution in [2.75, 3.05) is 0 Å². The topological polar surface area (TPSA) is 71.4 Å². The molecule has 0 aliphatic carbocycles. The third kappa shape index (κ3) is 1.88. The van der Waals surface area contributed by atoms with Crippen molar-refractivity contribution >= 4 is 37.9 Å². The number of hydrogen-bond acceptors (Lipinski definition) is 3. The summed E-state index contributed by atoms with van der Waals surface area (Å²) in [7, 11) is -4.39. The van der Waals surface area contributed by atoms with Gasteiger partial charge in [-0.15, -0.1) is 0 Å². The quantitative estimate of drug-likeness (QED) is 0.446. The molecule has 0 fully saturated rings. The van der Waals surface area contributed by atoms with E-state index < -0.39 is 10.1 Å². The predicted molar refractivity (Wildman–Crippen MR) is 76.7 cm³/mol. The van der Waals surface area contributed by atoms with Gasteiger partial charge >= 0.3 is 0 Å². The highest BCUT2D eigenvalue weighted by Gasteiger charge is 2.18. The van der Waals surface area contributed by atoms with Crippen LogP contribution in [0.5, 0.6) is 0 Å². The minimum absolute atomic E-state index is 0.247. The summed E-state index contributed by atoms with van der Waals surface area (Å²) in [4.78, 5) is 11.2. The number of carbonyl (C=O) groups excluding carboxylic acids is 1. The molecule has 3 aromatic carbocycles. The minimum atomic E-state index is -4.39. The zero-order valence-electron chi connectivity index (χ0n) is 10.3. The maximum absolute atomic E-state index is 11.5. The van der Waals surface area contributed by atoms with Gasteiger partial charge in [0.25, 0.3) is 10.1 Å². The lowest BCUT2D eigenvalue weighted by molar-refractivity contribution is 0.112. The van der Waals surface area contributed by atoms with Crippen LogP contribution in [0.4, 0.5) is 0 Å². The van der Waals surface area contributed by atoms with Crippen molar-refractivity contribution in [3.8, 4) is 0 Å². The molecule has 0 saturated heterocycles. The Labute approximate surface area is 115 Å². The molecule has 1 N–H and O–H groups in total. The second-order valence-electron chi connectivity index (χ2n) is 4.46. The first kappa shape index (κ1) is 12.8. The summed E-state index contributed by atoms with van der Waals surface area (Å²) >= 11 is 0. The van der Waals surface area contributed by atoms with Gasteiger partial charge in [-0.1, -0.05) is 36.4 Å². The maximum atomic E-state index is 11.5. The molecule has 0 atom stereocenters. The number of aldehydes is 1. The van der Waals surface area contributed by atoms with Crippen LogP contribution < -0.4 is 0 Å². The van der Waals surface area contributed by atoms with Gasteiger partial charge < -0.3 is 0 Å². The standard InChI is InChI=1S/C15H10O4S/c16-9-13-12-6-2-1-4-10(12)8-11-5-3-7-14(15(11)13)20(17,18)19/h1-9H,(H,17,18,19). The van der Waals surface area contributed by atoms with Crippen LogP contribution in [0.2, 0.25) is 0 Å². The number of fused-ring (bicyclic) bond motifs is 2. The number of hydrogen-bond donors (Lipinski definition) is 1. The average Bonchev–Trinajstić information content (AvgIpc) is 2.43. The van der Waals surface area contributed by atoms with Crippen LogP contribution in [0, 0.1) is 0 Å². The van der Waals surface area contributed by atoms with E-state index in [4.69, 9.17) is 0 Å². The Morgan fingerprint density at radius 1 is 0.950 bits per heavy atom. The Bertz CT molecular complexity index is 943. The number of rotatable bonds is 2. The van der Waals surface area contributed by atoms with Crippen molar-refractivity contribution in [2.45, 2.75) is 4.90 Å². The van der Waals surface area contributed by atoms with Gasteiger partial charge in [0, 0.05) is 10.9 Å². The van der Waals surface area contributed by atoms with E-state index in [2.05, 4.69) is 0 Å². The van der Waals surface area contributed by atoms with Crippen molar-refractivity contribution in [2.24, 2.45) is 0 Å². The molecule has 0 aliphatic heterocycles. The van der Waals surface area contributed by atoms with Gasteiger partial charge in [-0.05, 0) is 28.3 Å². The Morgan fingerprint density at radius 3 is 2.35 bits per heavy atom. The van der Waals surface area contributed by atoms with Crippen LogP contribution in [-0.2, 0) is 10.1 Å². The van der Waals surface area contributed by atoms with Crippen LogP contribution in [0.3, 0.4) is 0 Å². The second kappa shape index (κ2) is 4.40. The lowest BCUT2D eigenvalue weighted by Crippen LogP contribution is -2.01. The summed E-state index contributed by atoms with van der Waals surface area (Å²) in [6.07, 6.45) is 0.624. The third-order valence-corrected chi connectivity index (χ3v) is 4.18. The lowest BCUT2D eigenvalue weighted by atomic mass is 9.97. The van der Waals surface area contributed by atoms with E-state index in [1.54, 1.807) is 24.3 Å². The van der Waals surface area contributed by atoms with Crippen LogP contribution >= 0.6 is 0 Å². The van der Waals surface area contributed by atoms with Crippen molar-refractivity contribution < 1.29 is 17.8 Å². The Kier molecular flexibility index (Phi) is 2.81. The van der Waals surface area contributed by atoms with Gasteiger partial charge in [0.05, 0.1) is 0 Å². The minimum Gasteiger partial charge on any atom is -0.298 e. The SMILES string of the molecule is O=Cc1c2ccccc2cc2cccc(S(=O)(=O)O)c12. The molecule has 3 aromatic rings. The van der Waals surface area contributed by atoms with Gasteiger partial charge in [0.1, 0.15) is 4.90 Å². The Balaban J connectivity index is 2.65. The van der Waals surface area contributed by atoms with E-state index in [0.717, 1.165) is 5.39 Å². The highest BCUT2D eigenvalue weighted by Crippen LogP contribution is 2.31. The summed E-state index contributed by atoms with van der Waals surface area (Å²) in [6.45, 7) is 0. The third-order valence-electron chi connectivity index (χ3n) is 3.29. The summed E-state index contributed by atoms with van der Waals surface area (Å²) in [5, 5.41) is 2.35. The predicted octanol–water partition coefficient (Wildman–Crippen LogP) is 3.05. The first-order chi connectivity index (χ1) is 9.52. The molecule has 0 unspecified atom stereocenters. The molecule has 4 nitrogen and oxygen atoms in total. The molecule has 0 aliphatic rings. The lowest BCUT2D eigenvalue weighted by Gasteiger charge is -2.09. The zero-order chi connectivity index (χ0) is 14.3. The second-order valence-corrected chi connectivity index (χ2v) is 5.85. The normalized spacial score (nSPS) is 11.8. The number of carbonyl (C=O) groups is 1. The molecule has 0 amide bonds.